The summed E-state index contributed by atoms with van der Waals surface area (Å²) < 4.78 is 5.41. The Morgan fingerprint density at radius 3 is 2.56 bits per heavy atom. The van der Waals surface area contributed by atoms with Gasteiger partial charge in [-0.15, -0.1) is 0 Å². The molecule has 0 saturated carbocycles. The predicted octanol–water partition coefficient (Wildman–Crippen LogP) is 2.68. The molecule has 0 N–H and O–H groups in total. The molecule has 0 amide bonds. The van der Waals surface area contributed by atoms with Crippen LogP contribution in [0.2, 0.25) is 5.28 Å². The lowest BCUT2D eigenvalue weighted by atomic mass is 10.2. The third-order valence-corrected chi connectivity index (χ3v) is 2.27. The van der Waals surface area contributed by atoms with Crippen molar-refractivity contribution < 1.29 is 4.74 Å². The van der Waals surface area contributed by atoms with Gasteiger partial charge < -0.3 is 4.74 Å². The quantitative estimate of drug-likeness (QED) is 0.853. The fourth-order valence-corrected chi connectivity index (χ4v) is 1.48. The maximum atomic E-state index is 5.85. The number of rotatable bonds is 3. The Kier molecular flexibility index (Phi) is 3.72. The van der Waals surface area contributed by atoms with Crippen molar-refractivity contribution >= 4 is 11.6 Å². The second-order valence-corrected chi connectivity index (χ2v) is 4.40. The van der Waals surface area contributed by atoms with E-state index in [0.717, 1.165) is 11.3 Å². The molecule has 2 aromatic heterocycles. The maximum absolute atomic E-state index is 5.85. The number of halogens is 1. The minimum Gasteiger partial charge on any atom is -0.461 e. The summed E-state index contributed by atoms with van der Waals surface area (Å²) in [6, 6.07) is 3.99. The number of pyridine rings is 1. The average molecular weight is 265 g/mol. The monoisotopic (exact) mass is 264 g/mol. The first kappa shape index (κ1) is 12.7. The lowest BCUT2D eigenvalue weighted by Crippen LogP contribution is -2.09. The highest BCUT2D eigenvalue weighted by atomic mass is 35.5. The molecule has 0 aromatic carbocycles. The number of hydrogen-bond donors (Lipinski definition) is 0. The smallest absolute Gasteiger partial charge is 0.321 e. The maximum Gasteiger partial charge on any atom is 0.321 e. The van der Waals surface area contributed by atoms with E-state index in [0.29, 0.717) is 5.82 Å². The molecule has 2 rings (SSSR count). The van der Waals surface area contributed by atoms with Crippen LogP contribution in [0, 0.1) is 6.92 Å². The number of aromatic nitrogens is 4. The van der Waals surface area contributed by atoms with Crippen molar-refractivity contribution in [2.75, 3.05) is 0 Å². The van der Waals surface area contributed by atoms with E-state index in [1.165, 1.54) is 0 Å². The third-order valence-electron chi connectivity index (χ3n) is 2.10. The topological polar surface area (TPSA) is 60.8 Å². The SMILES string of the molecule is Cc1ccc(-c2nc(Cl)nc(OC(C)C)n2)cn1. The molecule has 0 aliphatic heterocycles. The van der Waals surface area contributed by atoms with Crippen molar-refractivity contribution in [3.05, 3.63) is 29.3 Å². The molecular weight excluding hydrogens is 252 g/mol. The minimum absolute atomic E-state index is 0.0209. The van der Waals surface area contributed by atoms with Gasteiger partial charge in [0.1, 0.15) is 0 Å². The van der Waals surface area contributed by atoms with Gasteiger partial charge in [0.15, 0.2) is 5.82 Å². The molecule has 18 heavy (non-hydrogen) atoms. The van der Waals surface area contributed by atoms with Gasteiger partial charge in [0.05, 0.1) is 6.10 Å². The normalized spacial score (nSPS) is 10.7. The van der Waals surface area contributed by atoms with Gasteiger partial charge in [0.2, 0.25) is 5.28 Å². The van der Waals surface area contributed by atoms with E-state index in [1.54, 1.807) is 6.20 Å². The molecule has 0 radical (unpaired) electrons. The Morgan fingerprint density at radius 2 is 1.94 bits per heavy atom. The summed E-state index contributed by atoms with van der Waals surface area (Å²) >= 11 is 5.85. The van der Waals surface area contributed by atoms with Crippen LogP contribution in [0.5, 0.6) is 6.01 Å². The van der Waals surface area contributed by atoms with Crippen molar-refractivity contribution in [1.82, 2.24) is 19.9 Å². The zero-order valence-corrected chi connectivity index (χ0v) is 11.1. The van der Waals surface area contributed by atoms with E-state index < -0.39 is 0 Å². The van der Waals surface area contributed by atoms with E-state index in [2.05, 4.69) is 19.9 Å². The summed E-state index contributed by atoms with van der Waals surface area (Å²) in [5, 5.41) is 0.108. The van der Waals surface area contributed by atoms with E-state index in [1.807, 2.05) is 32.9 Å². The standard InChI is InChI=1S/C12H13ClN4O/c1-7(2)18-12-16-10(15-11(13)17-12)9-5-4-8(3)14-6-9/h4-7H,1-3H3. The first-order chi connectivity index (χ1) is 8.54. The zero-order chi connectivity index (χ0) is 13.1. The van der Waals surface area contributed by atoms with Crippen molar-refractivity contribution in [2.45, 2.75) is 26.9 Å². The van der Waals surface area contributed by atoms with Crippen LogP contribution in [0.3, 0.4) is 0 Å². The highest BCUT2D eigenvalue weighted by molar-refractivity contribution is 6.28. The second-order valence-electron chi connectivity index (χ2n) is 4.07. The third kappa shape index (κ3) is 3.13. The molecule has 0 unspecified atom stereocenters. The fraction of sp³-hybridized carbons (Fsp3) is 0.333. The van der Waals surface area contributed by atoms with E-state index >= 15 is 0 Å². The number of aryl methyl sites for hydroxylation is 1. The highest BCUT2D eigenvalue weighted by Crippen LogP contribution is 2.18. The number of hydrogen-bond acceptors (Lipinski definition) is 5. The molecule has 0 fully saturated rings. The Bertz CT molecular complexity index is 542. The fourth-order valence-electron chi connectivity index (χ4n) is 1.32. The van der Waals surface area contributed by atoms with Gasteiger partial charge in [-0.2, -0.15) is 15.0 Å². The minimum atomic E-state index is -0.0209. The zero-order valence-electron chi connectivity index (χ0n) is 10.4. The molecule has 2 aromatic rings. The summed E-state index contributed by atoms with van der Waals surface area (Å²) in [5.74, 6) is 0.457. The molecule has 0 spiro atoms. The van der Waals surface area contributed by atoms with Crippen LogP contribution in [-0.2, 0) is 0 Å². The summed E-state index contributed by atoms with van der Waals surface area (Å²) in [4.78, 5) is 16.4. The van der Waals surface area contributed by atoms with Gasteiger partial charge in [0.25, 0.3) is 0 Å². The molecule has 0 saturated heterocycles. The Labute approximate surface area is 110 Å². The van der Waals surface area contributed by atoms with Gasteiger partial charge in [-0.25, -0.2) is 0 Å². The van der Waals surface area contributed by atoms with Gasteiger partial charge in [-0.1, -0.05) is 0 Å². The summed E-state index contributed by atoms with van der Waals surface area (Å²) in [5.41, 5.74) is 1.70. The Morgan fingerprint density at radius 1 is 1.17 bits per heavy atom. The Balaban J connectivity index is 2.38. The van der Waals surface area contributed by atoms with Crippen molar-refractivity contribution in [1.29, 1.82) is 0 Å². The molecule has 0 atom stereocenters. The lowest BCUT2D eigenvalue weighted by Gasteiger charge is -2.08. The van der Waals surface area contributed by atoms with Crippen LogP contribution in [0.25, 0.3) is 11.4 Å². The summed E-state index contributed by atoms with van der Waals surface area (Å²) in [6.45, 7) is 5.70. The first-order valence-electron chi connectivity index (χ1n) is 5.56. The van der Waals surface area contributed by atoms with Crippen LogP contribution in [0.15, 0.2) is 18.3 Å². The second kappa shape index (κ2) is 5.27. The van der Waals surface area contributed by atoms with E-state index in [-0.39, 0.29) is 17.4 Å². The van der Waals surface area contributed by atoms with E-state index in [9.17, 15) is 0 Å². The average Bonchev–Trinajstić information content (AvgIpc) is 2.28. The van der Waals surface area contributed by atoms with Crippen LogP contribution in [0.4, 0.5) is 0 Å². The van der Waals surface area contributed by atoms with Crippen molar-refractivity contribution in [3.63, 3.8) is 0 Å². The molecule has 5 nitrogen and oxygen atoms in total. The van der Waals surface area contributed by atoms with Gasteiger partial charge in [-0.05, 0) is 44.5 Å². The van der Waals surface area contributed by atoms with Gasteiger partial charge in [0, 0.05) is 17.5 Å². The Hall–Kier alpha value is -1.75. The predicted molar refractivity (Wildman–Crippen MR) is 68.6 cm³/mol. The molecule has 94 valence electrons. The molecule has 0 aliphatic rings. The van der Waals surface area contributed by atoms with Crippen LogP contribution in [0.1, 0.15) is 19.5 Å². The van der Waals surface area contributed by atoms with Crippen LogP contribution >= 0.6 is 11.6 Å². The largest absolute Gasteiger partial charge is 0.461 e. The summed E-state index contributed by atoms with van der Waals surface area (Å²) in [7, 11) is 0. The molecule has 0 aliphatic carbocycles. The number of nitrogens with zero attached hydrogens (tertiary/aromatic N) is 4. The van der Waals surface area contributed by atoms with E-state index in [4.69, 9.17) is 16.3 Å². The van der Waals surface area contributed by atoms with Crippen LogP contribution in [-0.4, -0.2) is 26.0 Å². The lowest BCUT2D eigenvalue weighted by molar-refractivity contribution is 0.222. The van der Waals surface area contributed by atoms with Crippen molar-refractivity contribution in [3.8, 4) is 17.4 Å². The molecule has 0 bridgehead atoms. The number of ether oxygens (including phenoxy) is 1. The van der Waals surface area contributed by atoms with Crippen LogP contribution < -0.4 is 4.74 Å². The molecular formula is C12H13ClN4O. The van der Waals surface area contributed by atoms with Gasteiger partial charge >= 0.3 is 6.01 Å². The first-order valence-corrected chi connectivity index (χ1v) is 5.93. The van der Waals surface area contributed by atoms with Crippen molar-refractivity contribution in [2.24, 2.45) is 0 Å². The summed E-state index contributed by atoms with van der Waals surface area (Å²) in [6.07, 6.45) is 1.67. The van der Waals surface area contributed by atoms with Gasteiger partial charge in [-0.3, -0.25) is 4.98 Å². The highest BCUT2D eigenvalue weighted by Gasteiger charge is 2.09. The molecule has 6 heteroatoms. The molecule has 2 heterocycles.